The smallest absolute Gasteiger partial charge is 0.306 e. The molecule has 0 spiro atoms. The van der Waals surface area contributed by atoms with Crippen molar-refractivity contribution in [2.24, 2.45) is 22.9 Å². The molecule has 17 heteroatoms. The van der Waals surface area contributed by atoms with Crippen molar-refractivity contribution in [3.63, 3.8) is 0 Å². The highest BCUT2D eigenvalue weighted by molar-refractivity contribution is 6.09. The maximum atomic E-state index is 14.6. The number of aromatic amines is 1. The first kappa shape index (κ1) is 44.7. The Morgan fingerprint density at radius 2 is 1.66 bits per heavy atom. The molecule has 5 heterocycles. The molecule has 0 bridgehead atoms. The van der Waals surface area contributed by atoms with E-state index in [9.17, 15) is 19.2 Å². The molecule has 3 amide bonds. The van der Waals surface area contributed by atoms with Crippen molar-refractivity contribution in [1.82, 2.24) is 30.2 Å². The second-order valence-electron chi connectivity index (χ2n) is 18.1. The van der Waals surface area contributed by atoms with Gasteiger partial charge in [0.05, 0.1) is 49.2 Å². The average molecular weight is 926 g/mol. The van der Waals surface area contributed by atoms with Crippen LogP contribution in [-0.2, 0) is 25.7 Å². The molecule has 10 rings (SSSR count). The summed E-state index contributed by atoms with van der Waals surface area (Å²) in [6, 6.07) is 17.4. The number of hydrogen-bond donors (Lipinski definition) is 2. The molecule has 3 aliphatic heterocycles. The third-order valence-electron chi connectivity index (χ3n) is 13.8. The lowest BCUT2D eigenvalue weighted by Crippen LogP contribution is -2.55. The molecule has 0 radical (unpaired) electrons. The molecule has 68 heavy (non-hydrogen) atoms. The van der Waals surface area contributed by atoms with E-state index in [0.717, 1.165) is 55.4 Å². The molecule has 354 valence electrons. The highest BCUT2D eigenvalue weighted by Crippen LogP contribution is 2.48. The van der Waals surface area contributed by atoms with Crippen LogP contribution in [0.1, 0.15) is 85.7 Å². The van der Waals surface area contributed by atoms with E-state index in [1.165, 1.54) is 12.5 Å². The van der Waals surface area contributed by atoms with Gasteiger partial charge >= 0.3 is 5.97 Å². The summed E-state index contributed by atoms with van der Waals surface area (Å²) in [5.74, 6) is 1.73. The number of carbonyl (C=O) groups excluding carboxylic acids is 4. The number of fused-ring (bicyclic) bond motifs is 3. The van der Waals surface area contributed by atoms with Crippen molar-refractivity contribution in [3.8, 4) is 40.0 Å². The monoisotopic (exact) mass is 925 g/mol. The fourth-order valence-corrected chi connectivity index (χ4v) is 9.90. The standard InChI is InChI=1S/C51H55N7O10/c1-63-38-16-14-32(24-41(38)64-2)44-34-10-6-7-11-35(34)50(61)58(56-44)33-20-22-57(23-21-33)51(62)37(15-19-42(59)66-27-30-8-4-3-5-9-30)55-49(60)36-25-52-47-45(36)53-28-54-46(47)43-39(65-26-31-12-13-31)17-18-40-48(43)68-29-67-40/h3-5,8-9,14,16-18,24-25,28,31,33-35,37,52H,6-7,10-13,15,19-23,26-27,29H2,1-2H3,(H,55,60)/t34-,35+,37+/m0/s1. The Morgan fingerprint density at radius 1 is 0.882 bits per heavy atom. The summed E-state index contributed by atoms with van der Waals surface area (Å²) in [7, 11) is 3.20. The molecule has 1 saturated heterocycles. The van der Waals surface area contributed by atoms with Crippen LogP contribution in [0.3, 0.4) is 0 Å². The lowest BCUT2D eigenvalue weighted by atomic mass is 9.73. The topological polar surface area (TPSA) is 196 Å². The third kappa shape index (κ3) is 9.13. The summed E-state index contributed by atoms with van der Waals surface area (Å²) in [5.41, 5.74) is 4.61. The van der Waals surface area contributed by atoms with E-state index >= 15 is 0 Å². The number of carbonyl (C=O) groups is 4. The van der Waals surface area contributed by atoms with Crippen LogP contribution in [0.15, 0.2) is 78.3 Å². The number of likely N-dealkylation sites (tertiary alicyclic amines) is 1. The minimum Gasteiger partial charge on any atom is -0.493 e. The van der Waals surface area contributed by atoms with Gasteiger partial charge in [-0.1, -0.05) is 43.2 Å². The lowest BCUT2D eigenvalue weighted by molar-refractivity contribution is -0.145. The molecule has 3 fully saturated rings. The highest BCUT2D eigenvalue weighted by Gasteiger charge is 2.44. The zero-order valence-electron chi connectivity index (χ0n) is 38.2. The molecule has 3 aromatic carbocycles. The Bertz CT molecular complexity index is 2730. The summed E-state index contributed by atoms with van der Waals surface area (Å²) < 4.78 is 34.6. The van der Waals surface area contributed by atoms with Gasteiger partial charge in [0, 0.05) is 43.1 Å². The second kappa shape index (κ2) is 19.6. The first-order chi connectivity index (χ1) is 33.3. The van der Waals surface area contributed by atoms with Gasteiger partial charge in [0.1, 0.15) is 35.9 Å². The van der Waals surface area contributed by atoms with E-state index in [0.29, 0.717) is 89.5 Å². The molecule has 5 aromatic rings. The van der Waals surface area contributed by atoms with Crippen LogP contribution < -0.4 is 29.0 Å². The number of hydrogen-bond acceptors (Lipinski definition) is 13. The van der Waals surface area contributed by atoms with Crippen molar-refractivity contribution in [2.75, 3.05) is 40.7 Å². The van der Waals surface area contributed by atoms with Gasteiger partial charge in [-0.25, -0.2) is 15.0 Å². The SMILES string of the molecule is COc1ccc(C2=NN(C3CCN(C(=O)[C@@H](CCC(=O)OCc4ccccc4)NC(=O)c4c[nH]c5c(-c6c(OCC7CC7)ccc7c6OCO7)ncnc45)CC3)C(=O)[C@@H]3CCCC[C@H]23)cc1OC. The molecule has 2 aromatic heterocycles. The number of benzene rings is 3. The summed E-state index contributed by atoms with van der Waals surface area (Å²) in [5, 5.41) is 9.70. The number of methoxy groups -OCH3 is 2. The predicted molar refractivity (Wildman–Crippen MR) is 248 cm³/mol. The summed E-state index contributed by atoms with van der Waals surface area (Å²) in [4.78, 5) is 70.3. The van der Waals surface area contributed by atoms with Crippen molar-refractivity contribution >= 4 is 40.4 Å². The second-order valence-corrected chi connectivity index (χ2v) is 18.1. The van der Waals surface area contributed by atoms with Gasteiger partial charge in [0.25, 0.3) is 5.91 Å². The number of nitrogens with one attached hydrogen (secondary N) is 2. The van der Waals surface area contributed by atoms with E-state index < -0.39 is 17.9 Å². The Hall–Kier alpha value is -7.17. The predicted octanol–water partition coefficient (Wildman–Crippen LogP) is 6.83. The van der Waals surface area contributed by atoms with Crippen LogP contribution in [0.25, 0.3) is 22.3 Å². The van der Waals surface area contributed by atoms with Gasteiger partial charge in [-0.15, -0.1) is 0 Å². The number of esters is 1. The fourth-order valence-electron chi connectivity index (χ4n) is 9.90. The summed E-state index contributed by atoms with van der Waals surface area (Å²) >= 11 is 0. The Kier molecular flexibility index (Phi) is 12.9. The highest BCUT2D eigenvalue weighted by atomic mass is 16.7. The number of rotatable bonds is 16. The van der Waals surface area contributed by atoms with Gasteiger partial charge in [0.2, 0.25) is 18.6 Å². The van der Waals surface area contributed by atoms with Gasteiger partial charge in [-0.3, -0.25) is 19.2 Å². The molecule has 3 atom stereocenters. The number of ether oxygens (including phenoxy) is 6. The zero-order valence-corrected chi connectivity index (χ0v) is 38.2. The van der Waals surface area contributed by atoms with Crippen LogP contribution in [-0.4, -0.2) is 107 Å². The fraction of sp³-hybridized carbons (Fsp3) is 0.431. The number of aromatic nitrogens is 3. The number of H-pyrrole nitrogens is 1. The molecular formula is C51H55N7O10. The van der Waals surface area contributed by atoms with Crippen LogP contribution in [0.4, 0.5) is 0 Å². The first-order valence-corrected chi connectivity index (χ1v) is 23.6. The van der Waals surface area contributed by atoms with Crippen molar-refractivity contribution in [1.29, 1.82) is 0 Å². The first-order valence-electron chi connectivity index (χ1n) is 23.6. The number of piperidine rings is 1. The quantitative estimate of drug-likeness (QED) is 0.0982. The van der Waals surface area contributed by atoms with E-state index in [1.54, 1.807) is 30.2 Å². The van der Waals surface area contributed by atoms with Crippen LogP contribution >= 0.6 is 0 Å². The molecule has 5 aliphatic rings. The lowest BCUT2D eigenvalue weighted by Gasteiger charge is -2.43. The van der Waals surface area contributed by atoms with Crippen LogP contribution in [0.2, 0.25) is 0 Å². The number of nitrogens with zero attached hydrogens (tertiary/aromatic N) is 5. The zero-order chi connectivity index (χ0) is 46.7. The van der Waals surface area contributed by atoms with Crippen LogP contribution in [0.5, 0.6) is 28.7 Å². The molecule has 17 nitrogen and oxygen atoms in total. The maximum absolute atomic E-state index is 14.6. The number of amides is 3. The van der Waals surface area contributed by atoms with Gasteiger partial charge in [-0.2, -0.15) is 5.10 Å². The summed E-state index contributed by atoms with van der Waals surface area (Å²) in [6.07, 6.45) is 9.62. The molecule has 2 N–H and O–H groups in total. The van der Waals surface area contributed by atoms with E-state index in [1.807, 2.05) is 54.6 Å². The van der Waals surface area contributed by atoms with Crippen molar-refractivity contribution in [3.05, 3.63) is 89.9 Å². The molecule has 2 aliphatic carbocycles. The molecule has 2 saturated carbocycles. The van der Waals surface area contributed by atoms with Gasteiger partial charge in [0.15, 0.2) is 23.0 Å². The maximum Gasteiger partial charge on any atom is 0.306 e. The number of hydrazone groups is 1. The third-order valence-corrected chi connectivity index (χ3v) is 13.8. The molecular weight excluding hydrogens is 871 g/mol. The summed E-state index contributed by atoms with van der Waals surface area (Å²) in [6.45, 7) is 1.31. The normalized spacial score (nSPS) is 19.5. The largest absolute Gasteiger partial charge is 0.493 e. The van der Waals surface area contributed by atoms with E-state index in [4.69, 9.17) is 33.5 Å². The van der Waals surface area contributed by atoms with E-state index in [-0.39, 0.29) is 61.5 Å². The minimum atomic E-state index is -1.09. The molecule has 0 unspecified atom stereocenters. The van der Waals surface area contributed by atoms with E-state index in [2.05, 4.69) is 20.3 Å². The van der Waals surface area contributed by atoms with Gasteiger partial charge in [-0.05, 0) is 86.8 Å². The van der Waals surface area contributed by atoms with Gasteiger partial charge < -0.3 is 43.6 Å². The van der Waals surface area contributed by atoms with Crippen molar-refractivity contribution in [2.45, 2.75) is 82.9 Å². The Morgan fingerprint density at radius 3 is 2.44 bits per heavy atom. The van der Waals surface area contributed by atoms with Crippen molar-refractivity contribution < 1.29 is 47.6 Å². The minimum absolute atomic E-state index is 0.00248. The Balaban J connectivity index is 0.880. The average Bonchev–Trinajstić information content (AvgIpc) is 3.90. The Labute approximate surface area is 393 Å². The van der Waals surface area contributed by atoms with Crippen LogP contribution in [0, 0.1) is 17.8 Å².